The number of benzene rings is 1. The SMILES string of the molecule is CC(=O)NC(CC(=O)N1CCN(C(C)=O)CC1)c1ccc(C)cc1. The van der Waals surface area contributed by atoms with Crippen LogP contribution in [0.4, 0.5) is 0 Å². The predicted molar refractivity (Wildman–Crippen MR) is 91.2 cm³/mol. The van der Waals surface area contributed by atoms with Gasteiger partial charge in [0.1, 0.15) is 0 Å². The summed E-state index contributed by atoms with van der Waals surface area (Å²) in [6, 6.07) is 7.50. The third-order valence-corrected chi connectivity index (χ3v) is 4.31. The molecule has 130 valence electrons. The van der Waals surface area contributed by atoms with E-state index < -0.39 is 0 Å². The number of nitrogens with zero attached hydrogens (tertiary/aromatic N) is 2. The lowest BCUT2D eigenvalue weighted by atomic mass is 10.0. The summed E-state index contributed by atoms with van der Waals surface area (Å²) in [4.78, 5) is 38.9. The van der Waals surface area contributed by atoms with E-state index in [0.29, 0.717) is 26.2 Å². The number of nitrogens with one attached hydrogen (secondary N) is 1. The number of hydrogen-bond donors (Lipinski definition) is 1. The maximum atomic E-state index is 12.6. The van der Waals surface area contributed by atoms with Gasteiger partial charge in [0, 0.05) is 40.0 Å². The average Bonchev–Trinajstić information content (AvgIpc) is 2.54. The van der Waals surface area contributed by atoms with E-state index in [1.807, 2.05) is 31.2 Å². The summed E-state index contributed by atoms with van der Waals surface area (Å²) in [6.07, 6.45) is 0.225. The van der Waals surface area contributed by atoms with Gasteiger partial charge in [-0.25, -0.2) is 0 Å². The first-order valence-corrected chi connectivity index (χ1v) is 8.24. The topological polar surface area (TPSA) is 69.7 Å². The summed E-state index contributed by atoms with van der Waals surface area (Å²) in [7, 11) is 0. The average molecular weight is 331 g/mol. The van der Waals surface area contributed by atoms with Crippen molar-refractivity contribution in [2.75, 3.05) is 26.2 Å². The lowest BCUT2D eigenvalue weighted by Gasteiger charge is -2.35. The fourth-order valence-electron chi connectivity index (χ4n) is 2.87. The molecule has 6 nitrogen and oxygen atoms in total. The maximum Gasteiger partial charge on any atom is 0.225 e. The summed E-state index contributed by atoms with van der Waals surface area (Å²) in [5.74, 6) is -0.120. The molecule has 1 N–H and O–H groups in total. The second-order valence-electron chi connectivity index (χ2n) is 6.25. The third kappa shape index (κ3) is 4.81. The highest BCUT2D eigenvalue weighted by molar-refractivity contribution is 5.80. The Bertz CT molecular complexity index is 604. The Labute approximate surface area is 142 Å². The lowest BCUT2D eigenvalue weighted by Crippen LogP contribution is -2.50. The van der Waals surface area contributed by atoms with Gasteiger partial charge in [0.2, 0.25) is 17.7 Å². The molecule has 0 spiro atoms. The zero-order valence-electron chi connectivity index (χ0n) is 14.5. The Kier molecular flexibility index (Phi) is 5.95. The molecule has 0 bridgehead atoms. The Morgan fingerprint density at radius 1 is 1.00 bits per heavy atom. The van der Waals surface area contributed by atoms with Crippen LogP contribution in [0.2, 0.25) is 0 Å². The van der Waals surface area contributed by atoms with Crippen LogP contribution < -0.4 is 5.32 Å². The fourth-order valence-corrected chi connectivity index (χ4v) is 2.87. The van der Waals surface area contributed by atoms with Gasteiger partial charge in [0.25, 0.3) is 0 Å². The molecular formula is C18H25N3O3. The molecule has 2 rings (SSSR count). The highest BCUT2D eigenvalue weighted by atomic mass is 16.2. The molecule has 0 aliphatic carbocycles. The summed E-state index contributed by atoms with van der Waals surface area (Å²) < 4.78 is 0. The van der Waals surface area contributed by atoms with Crippen LogP contribution in [0.25, 0.3) is 0 Å². The molecule has 3 amide bonds. The van der Waals surface area contributed by atoms with Crippen molar-refractivity contribution in [2.45, 2.75) is 33.2 Å². The molecule has 1 saturated heterocycles. The molecule has 6 heteroatoms. The highest BCUT2D eigenvalue weighted by Gasteiger charge is 2.25. The Hall–Kier alpha value is -2.37. The monoisotopic (exact) mass is 331 g/mol. The zero-order valence-corrected chi connectivity index (χ0v) is 14.5. The molecular weight excluding hydrogens is 306 g/mol. The first-order chi connectivity index (χ1) is 11.4. The number of rotatable bonds is 4. The van der Waals surface area contributed by atoms with Crippen molar-refractivity contribution in [3.05, 3.63) is 35.4 Å². The van der Waals surface area contributed by atoms with Crippen LogP contribution in [-0.4, -0.2) is 53.7 Å². The summed E-state index contributed by atoms with van der Waals surface area (Å²) >= 11 is 0. The summed E-state index contributed by atoms with van der Waals surface area (Å²) in [5, 5.41) is 2.86. The van der Waals surface area contributed by atoms with E-state index in [1.54, 1.807) is 16.7 Å². The summed E-state index contributed by atoms with van der Waals surface area (Å²) in [5.41, 5.74) is 2.05. The van der Waals surface area contributed by atoms with Crippen molar-refractivity contribution in [1.82, 2.24) is 15.1 Å². The minimum atomic E-state index is -0.332. The van der Waals surface area contributed by atoms with Crippen LogP contribution in [0.15, 0.2) is 24.3 Å². The van der Waals surface area contributed by atoms with Gasteiger partial charge in [-0.1, -0.05) is 29.8 Å². The third-order valence-electron chi connectivity index (χ3n) is 4.31. The van der Waals surface area contributed by atoms with Gasteiger partial charge in [0.15, 0.2) is 0 Å². The van der Waals surface area contributed by atoms with Gasteiger partial charge in [-0.3, -0.25) is 14.4 Å². The first kappa shape index (κ1) is 18.0. The van der Waals surface area contributed by atoms with E-state index in [9.17, 15) is 14.4 Å². The standard InChI is InChI=1S/C18H25N3O3/c1-13-4-6-16(7-5-13)17(19-14(2)22)12-18(24)21-10-8-20(9-11-21)15(3)23/h4-7,17H,8-12H2,1-3H3,(H,19,22). The molecule has 1 fully saturated rings. The van der Waals surface area contributed by atoms with Crippen molar-refractivity contribution < 1.29 is 14.4 Å². The molecule has 1 aromatic rings. The van der Waals surface area contributed by atoms with Crippen LogP contribution in [0.5, 0.6) is 0 Å². The smallest absolute Gasteiger partial charge is 0.225 e. The van der Waals surface area contributed by atoms with Crippen molar-refractivity contribution >= 4 is 17.7 Å². The van der Waals surface area contributed by atoms with Crippen LogP contribution in [0.3, 0.4) is 0 Å². The Morgan fingerprint density at radius 3 is 2.04 bits per heavy atom. The Morgan fingerprint density at radius 2 is 1.54 bits per heavy atom. The van der Waals surface area contributed by atoms with Gasteiger partial charge in [-0.05, 0) is 12.5 Å². The molecule has 1 aliphatic rings. The largest absolute Gasteiger partial charge is 0.349 e. The predicted octanol–water partition coefficient (Wildman–Crippen LogP) is 1.25. The minimum Gasteiger partial charge on any atom is -0.349 e. The number of piperazine rings is 1. The molecule has 1 unspecified atom stereocenters. The highest BCUT2D eigenvalue weighted by Crippen LogP contribution is 2.19. The molecule has 24 heavy (non-hydrogen) atoms. The second-order valence-corrected chi connectivity index (χ2v) is 6.25. The van der Waals surface area contributed by atoms with E-state index in [0.717, 1.165) is 11.1 Å². The van der Waals surface area contributed by atoms with Crippen LogP contribution in [0, 0.1) is 6.92 Å². The van der Waals surface area contributed by atoms with Crippen molar-refractivity contribution in [3.63, 3.8) is 0 Å². The van der Waals surface area contributed by atoms with Crippen LogP contribution >= 0.6 is 0 Å². The number of aryl methyl sites for hydroxylation is 1. The fraction of sp³-hybridized carbons (Fsp3) is 0.500. The van der Waals surface area contributed by atoms with Crippen LogP contribution in [-0.2, 0) is 14.4 Å². The first-order valence-electron chi connectivity index (χ1n) is 8.24. The number of carbonyl (C=O) groups is 3. The molecule has 1 aromatic carbocycles. The van der Waals surface area contributed by atoms with Gasteiger partial charge < -0.3 is 15.1 Å². The zero-order chi connectivity index (χ0) is 17.7. The number of hydrogen-bond acceptors (Lipinski definition) is 3. The van der Waals surface area contributed by atoms with Crippen molar-refractivity contribution in [1.29, 1.82) is 0 Å². The van der Waals surface area contributed by atoms with Crippen molar-refractivity contribution in [3.8, 4) is 0 Å². The normalized spacial score (nSPS) is 15.8. The molecule has 0 radical (unpaired) electrons. The number of amides is 3. The maximum absolute atomic E-state index is 12.6. The van der Waals surface area contributed by atoms with E-state index >= 15 is 0 Å². The van der Waals surface area contributed by atoms with E-state index in [4.69, 9.17) is 0 Å². The lowest BCUT2D eigenvalue weighted by molar-refractivity contribution is -0.139. The van der Waals surface area contributed by atoms with Crippen molar-refractivity contribution in [2.24, 2.45) is 0 Å². The van der Waals surface area contributed by atoms with E-state index in [2.05, 4.69) is 5.32 Å². The van der Waals surface area contributed by atoms with E-state index in [1.165, 1.54) is 6.92 Å². The number of carbonyl (C=O) groups excluding carboxylic acids is 3. The molecule has 0 aromatic heterocycles. The molecule has 1 heterocycles. The Balaban J connectivity index is 2.01. The molecule has 1 atom stereocenters. The van der Waals surface area contributed by atoms with E-state index in [-0.39, 0.29) is 30.2 Å². The van der Waals surface area contributed by atoms with Gasteiger partial charge >= 0.3 is 0 Å². The van der Waals surface area contributed by atoms with Gasteiger partial charge in [-0.15, -0.1) is 0 Å². The van der Waals surface area contributed by atoms with Gasteiger partial charge in [-0.2, -0.15) is 0 Å². The second kappa shape index (κ2) is 7.95. The quantitative estimate of drug-likeness (QED) is 0.903. The molecule has 0 saturated carbocycles. The summed E-state index contributed by atoms with van der Waals surface area (Å²) in [6.45, 7) is 7.21. The van der Waals surface area contributed by atoms with Gasteiger partial charge in [0.05, 0.1) is 12.5 Å². The molecule has 1 aliphatic heterocycles. The minimum absolute atomic E-state index is 0.00229. The van der Waals surface area contributed by atoms with Crippen LogP contribution in [0.1, 0.15) is 37.4 Å².